The van der Waals surface area contributed by atoms with E-state index in [1.807, 2.05) is 0 Å². The predicted octanol–water partition coefficient (Wildman–Crippen LogP) is 5.90. The summed E-state index contributed by atoms with van der Waals surface area (Å²) < 4.78 is 112. The Morgan fingerprint density at radius 3 is 1.72 bits per heavy atom. The molecule has 0 aromatic carbocycles. The maximum atomic E-state index is 14.1. The highest BCUT2D eigenvalue weighted by atomic mass is 19.4. The number of rotatable bonds is 5. The molecule has 0 heterocycles. The van der Waals surface area contributed by atoms with Gasteiger partial charge in [-0.1, -0.05) is 6.92 Å². The zero-order valence-corrected chi connectivity index (χ0v) is 18.3. The molecule has 12 heteroatoms. The Morgan fingerprint density at radius 1 is 0.812 bits per heavy atom. The molecule has 2 aliphatic carbocycles. The quantitative estimate of drug-likeness (QED) is 0.362. The van der Waals surface area contributed by atoms with Gasteiger partial charge in [-0.15, -0.1) is 0 Å². The third-order valence-corrected chi connectivity index (χ3v) is 6.14. The monoisotopic (exact) mass is 480 g/mol. The summed E-state index contributed by atoms with van der Waals surface area (Å²) in [5, 5.41) is 0. The zero-order valence-electron chi connectivity index (χ0n) is 18.3. The molecule has 5 atom stereocenters. The van der Waals surface area contributed by atoms with Crippen LogP contribution in [0.1, 0.15) is 60.3 Å². The fraction of sp³-hybridized carbons (Fsp3) is 0.900. The van der Waals surface area contributed by atoms with Crippen LogP contribution in [-0.4, -0.2) is 47.5 Å². The van der Waals surface area contributed by atoms with E-state index >= 15 is 0 Å². The van der Waals surface area contributed by atoms with Crippen molar-refractivity contribution in [2.24, 2.45) is 17.8 Å². The van der Waals surface area contributed by atoms with E-state index in [9.17, 15) is 40.3 Å². The molecule has 0 aliphatic heterocycles. The maximum absolute atomic E-state index is 14.1. The van der Waals surface area contributed by atoms with Crippen molar-refractivity contribution < 1.29 is 54.5 Å². The van der Waals surface area contributed by atoms with Gasteiger partial charge in [0.15, 0.2) is 0 Å². The minimum atomic E-state index is -5.98. The minimum absolute atomic E-state index is 0.108. The average Bonchev–Trinajstić information content (AvgIpc) is 3.15. The van der Waals surface area contributed by atoms with E-state index in [-0.39, 0.29) is 19.3 Å². The van der Waals surface area contributed by atoms with Gasteiger partial charge in [-0.05, 0) is 65.2 Å². The highest BCUT2D eigenvalue weighted by molar-refractivity contribution is 5.79. The molecule has 0 amide bonds. The lowest BCUT2D eigenvalue weighted by Gasteiger charge is -2.44. The van der Waals surface area contributed by atoms with Gasteiger partial charge in [0.05, 0.1) is 0 Å². The number of halogens is 7. The number of hydrogen-bond donors (Lipinski definition) is 0. The Hall–Kier alpha value is -1.75. The van der Waals surface area contributed by atoms with E-state index in [1.54, 1.807) is 0 Å². The van der Waals surface area contributed by atoms with Crippen LogP contribution in [0.4, 0.5) is 35.5 Å². The smallest absolute Gasteiger partial charge is 0.460 e. The number of hydrogen-bond acceptors (Lipinski definition) is 5. The minimum Gasteiger partial charge on any atom is -0.460 e. The van der Waals surface area contributed by atoms with Crippen molar-refractivity contribution in [1.29, 1.82) is 0 Å². The summed E-state index contributed by atoms with van der Waals surface area (Å²) in [5.41, 5.74) is -8.48. The Bertz CT molecular complexity index is 709. The van der Waals surface area contributed by atoms with Crippen LogP contribution in [0.15, 0.2) is 0 Å². The maximum Gasteiger partial charge on any atom is 0.510 e. The predicted molar refractivity (Wildman–Crippen MR) is 96.2 cm³/mol. The normalized spacial score (nSPS) is 28.2. The van der Waals surface area contributed by atoms with Crippen molar-refractivity contribution in [3.05, 3.63) is 0 Å². The van der Waals surface area contributed by atoms with Gasteiger partial charge in [-0.25, -0.2) is 14.0 Å². The van der Waals surface area contributed by atoms with Crippen molar-refractivity contribution in [1.82, 2.24) is 0 Å². The van der Waals surface area contributed by atoms with Crippen LogP contribution in [0.3, 0.4) is 0 Å². The van der Waals surface area contributed by atoms with Crippen LogP contribution in [0.25, 0.3) is 0 Å². The first-order valence-electron chi connectivity index (χ1n) is 10.2. The van der Waals surface area contributed by atoms with Gasteiger partial charge >= 0.3 is 30.1 Å². The molecular weight excluding hydrogens is 453 g/mol. The molecule has 0 N–H and O–H groups in total. The number of esters is 1. The lowest BCUT2D eigenvalue weighted by atomic mass is 9.74. The molecule has 2 aliphatic rings. The standard InChI is InChI=1S/C20H27F7O5/c1-6-17(5,21)14(28)30-13-9-10-7-11(13)8-12(10)18(19(22,23)24,20(25,26)27)32-15(29)31-16(2,3)4/h10-13H,6-9H2,1-5H3. The number of carbonyl (C=O) groups excluding carboxylic acids is 2. The third kappa shape index (κ3) is 4.93. The molecule has 186 valence electrons. The van der Waals surface area contributed by atoms with Gasteiger partial charge < -0.3 is 14.2 Å². The van der Waals surface area contributed by atoms with Gasteiger partial charge in [0.2, 0.25) is 5.67 Å². The number of ether oxygens (including phenoxy) is 3. The fourth-order valence-corrected chi connectivity index (χ4v) is 4.44. The van der Waals surface area contributed by atoms with Gasteiger partial charge in [0.1, 0.15) is 11.7 Å². The van der Waals surface area contributed by atoms with E-state index in [1.165, 1.54) is 27.7 Å². The Labute approximate surface area is 180 Å². The molecule has 0 saturated heterocycles. The summed E-state index contributed by atoms with van der Waals surface area (Å²) in [6.45, 7) is 6.18. The molecule has 0 radical (unpaired) electrons. The molecular formula is C20H27F7O5. The van der Waals surface area contributed by atoms with Crippen LogP contribution in [0.2, 0.25) is 0 Å². The summed E-state index contributed by atoms with van der Waals surface area (Å²) >= 11 is 0. The zero-order chi connectivity index (χ0) is 24.9. The van der Waals surface area contributed by atoms with Gasteiger partial charge in [-0.2, -0.15) is 26.3 Å². The molecule has 5 nitrogen and oxygen atoms in total. The molecule has 2 bridgehead atoms. The Kier molecular flexibility index (Phi) is 6.82. The number of fused-ring (bicyclic) bond motifs is 2. The lowest BCUT2D eigenvalue weighted by Crippen LogP contribution is -2.65. The summed E-state index contributed by atoms with van der Waals surface area (Å²) in [7, 11) is 0. The number of carbonyl (C=O) groups is 2. The third-order valence-electron chi connectivity index (χ3n) is 6.14. The second kappa shape index (κ2) is 8.23. The molecule has 2 rings (SSSR count). The van der Waals surface area contributed by atoms with Crippen LogP contribution in [-0.2, 0) is 19.0 Å². The molecule has 0 aromatic heterocycles. The van der Waals surface area contributed by atoms with Crippen molar-refractivity contribution in [3.63, 3.8) is 0 Å². The lowest BCUT2D eigenvalue weighted by molar-refractivity contribution is -0.390. The first-order chi connectivity index (χ1) is 14.2. The Balaban J connectivity index is 2.32. The molecule has 5 unspecified atom stereocenters. The van der Waals surface area contributed by atoms with Crippen LogP contribution in [0, 0.1) is 17.8 Å². The summed E-state index contributed by atoms with van der Waals surface area (Å²) in [6, 6.07) is 0. The molecule has 2 saturated carbocycles. The highest BCUT2D eigenvalue weighted by Crippen LogP contribution is 2.62. The summed E-state index contributed by atoms with van der Waals surface area (Å²) in [6.07, 6.45) is -16.4. The number of alkyl halides is 7. The second-order valence-electron chi connectivity index (χ2n) is 9.63. The van der Waals surface area contributed by atoms with Gasteiger partial charge in [-0.3, -0.25) is 0 Å². The van der Waals surface area contributed by atoms with E-state index in [0.717, 1.165) is 6.92 Å². The van der Waals surface area contributed by atoms with Crippen molar-refractivity contribution in [2.45, 2.75) is 95.6 Å². The SMILES string of the molecule is CCC(C)(F)C(=O)OC1CC2CC1CC2C(OC(=O)OC(C)(C)C)(C(F)(F)F)C(F)(F)F. The molecule has 2 fully saturated rings. The van der Waals surface area contributed by atoms with Gasteiger partial charge in [0, 0.05) is 5.92 Å². The molecule has 32 heavy (non-hydrogen) atoms. The Morgan fingerprint density at radius 2 is 1.34 bits per heavy atom. The first-order valence-corrected chi connectivity index (χ1v) is 10.2. The van der Waals surface area contributed by atoms with Crippen LogP contribution < -0.4 is 0 Å². The topological polar surface area (TPSA) is 61.8 Å². The van der Waals surface area contributed by atoms with Crippen LogP contribution in [0.5, 0.6) is 0 Å². The largest absolute Gasteiger partial charge is 0.510 e. The fourth-order valence-electron chi connectivity index (χ4n) is 4.44. The average molecular weight is 480 g/mol. The summed E-state index contributed by atoms with van der Waals surface area (Å²) in [5.74, 6) is -5.43. The van der Waals surface area contributed by atoms with Crippen molar-refractivity contribution in [2.75, 3.05) is 0 Å². The van der Waals surface area contributed by atoms with Crippen molar-refractivity contribution in [3.8, 4) is 0 Å². The summed E-state index contributed by atoms with van der Waals surface area (Å²) in [4.78, 5) is 23.9. The first kappa shape index (κ1) is 26.5. The molecule has 0 spiro atoms. The van der Waals surface area contributed by atoms with E-state index in [4.69, 9.17) is 4.74 Å². The molecule has 0 aromatic rings. The van der Waals surface area contributed by atoms with E-state index in [0.29, 0.717) is 0 Å². The van der Waals surface area contributed by atoms with E-state index in [2.05, 4.69) is 9.47 Å². The highest BCUT2D eigenvalue weighted by Gasteiger charge is 2.80. The van der Waals surface area contributed by atoms with E-state index < -0.39 is 71.6 Å². The second-order valence-corrected chi connectivity index (χ2v) is 9.63. The van der Waals surface area contributed by atoms with Gasteiger partial charge in [0.25, 0.3) is 0 Å². The van der Waals surface area contributed by atoms with Crippen molar-refractivity contribution >= 4 is 12.1 Å². The van der Waals surface area contributed by atoms with Crippen LogP contribution >= 0.6 is 0 Å².